The minimum absolute atomic E-state index is 0.0276. The number of ether oxygens (including phenoxy) is 1. The van der Waals surface area contributed by atoms with Gasteiger partial charge < -0.3 is 19.5 Å². The summed E-state index contributed by atoms with van der Waals surface area (Å²) in [4.78, 5) is 32.3. The summed E-state index contributed by atoms with van der Waals surface area (Å²) in [6.07, 6.45) is 11.3. The van der Waals surface area contributed by atoms with E-state index in [1.54, 1.807) is 18.5 Å². The first-order valence-corrected chi connectivity index (χ1v) is 13.1. The molecule has 188 valence electrons. The van der Waals surface area contributed by atoms with E-state index < -0.39 is 0 Å². The predicted octanol–water partition coefficient (Wildman–Crippen LogP) is 4.38. The molecule has 5 rings (SSSR count). The molecule has 7 nitrogen and oxygen atoms in total. The molecule has 1 aromatic heterocycles. The van der Waals surface area contributed by atoms with E-state index in [4.69, 9.17) is 4.74 Å². The lowest BCUT2D eigenvalue weighted by atomic mass is 9.93. The molecule has 1 aromatic carbocycles. The fraction of sp³-hybridized carbons (Fsp3) is 0.593. The number of imidazole rings is 1. The molecule has 3 aliphatic rings. The minimum Gasteiger partial charge on any atom is -0.365 e. The minimum atomic E-state index is -0.276. The lowest BCUT2D eigenvalue weighted by Gasteiger charge is -2.32. The Bertz CT molecular complexity index is 1020. The van der Waals surface area contributed by atoms with Crippen molar-refractivity contribution in [1.29, 1.82) is 0 Å². The van der Waals surface area contributed by atoms with Crippen molar-refractivity contribution < 1.29 is 18.7 Å². The zero-order valence-corrected chi connectivity index (χ0v) is 20.3. The van der Waals surface area contributed by atoms with Gasteiger partial charge >= 0.3 is 0 Å². The second-order valence-electron chi connectivity index (χ2n) is 10.2. The third-order valence-corrected chi connectivity index (χ3v) is 7.78. The number of amides is 2. The number of hydrogen-bond acceptors (Lipinski definition) is 4. The molecular formula is C27H35FN4O3. The molecule has 1 saturated carbocycles. The third-order valence-electron chi connectivity index (χ3n) is 7.78. The van der Waals surface area contributed by atoms with Crippen LogP contribution in [0, 0.1) is 11.7 Å². The normalized spacial score (nSPS) is 22.2. The smallest absolute Gasteiger partial charge is 0.274 e. The maximum atomic E-state index is 13.2. The standard InChI is InChI=1S/C27H35FN4O3/c28-21-10-8-19(9-11-21)24-16-32-18-29-25(23(32)17-35-24)27(34)31-14-12-20(13-15-31)26(33)30-22-6-4-2-1-3-5-7-22/h8-11,18,20,22,24H,1-7,12-17H2,(H,30,33). The van der Waals surface area contributed by atoms with Gasteiger partial charge in [0.05, 0.1) is 25.2 Å². The van der Waals surface area contributed by atoms with Gasteiger partial charge in [-0.3, -0.25) is 9.59 Å². The van der Waals surface area contributed by atoms with Gasteiger partial charge in [0, 0.05) is 25.0 Å². The van der Waals surface area contributed by atoms with Gasteiger partial charge in [0.2, 0.25) is 5.91 Å². The van der Waals surface area contributed by atoms with Crippen LogP contribution in [0.3, 0.4) is 0 Å². The van der Waals surface area contributed by atoms with Crippen LogP contribution in [0.1, 0.15) is 85.6 Å². The lowest BCUT2D eigenvalue weighted by Crippen LogP contribution is -2.45. The van der Waals surface area contributed by atoms with Gasteiger partial charge in [-0.1, -0.05) is 44.2 Å². The molecule has 2 aliphatic heterocycles. The molecule has 3 heterocycles. The molecule has 2 amide bonds. The second kappa shape index (κ2) is 10.9. The van der Waals surface area contributed by atoms with Crippen molar-refractivity contribution >= 4 is 11.8 Å². The number of carbonyl (C=O) groups is 2. The Labute approximate surface area is 206 Å². The number of nitrogens with one attached hydrogen (secondary N) is 1. The molecule has 1 atom stereocenters. The Morgan fingerprint density at radius 3 is 2.37 bits per heavy atom. The van der Waals surface area contributed by atoms with Crippen molar-refractivity contribution in [2.45, 2.75) is 83.1 Å². The topological polar surface area (TPSA) is 76.5 Å². The summed E-state index contributed by atoms with van der Waals surface area (Å²) in [5.41, 5.74) is 2.11. The van der Waals surface area contributed by atoms with Crippen LogP contribution in [0.25, 0.3) is 0 Å². The highest BCUT2D eigenvalue weighted by atomic mass is 19.1. The number of likely N-dealkylation sites (tertiary alicyclic amines) is 1. The Balaban J connectivity index is 1.15. The number of benzene rings is 1. The Morgan fingerprint density at radius 2 is 1.66 bits per heavy atom. The van der Waals surface area contributed by atoms with E-state index in [1.807, 2.05) is 9.47 Å². The molecule has 0 spiro atoms. The quantitative estimate of drug-likeness (QED) is 0.702. The fourth-order valence-electron chi connectivity index (χ4n) is 5.60. The van der Waals surface area contributed by atoms with Gasteiger partial charge in [-0.05, 0) is 43.4 Å². The maximum absolute atomic E-state index is 13.2. The van der Waals surface area contributed by atoms with Gasteiger partial charge in [-0.25, -0.2) is 9.37 Å². The number of rotatable bonds is 4. The summed E-state index contributed by atoms with van der Waals surface area (Å²) < 4.78 is 21.2. The SMILES string of the molecule is O=C(NC1CCCCCCC1)C1CCN(C(=O)c2ncn3c2COC(c2ccc(F)cc2)C3)CC1. The van der Waals surface area contributed by atoms with Crippen molar-refractivity contribution in [1.82, 2.24) is 19.8 Å². The molecule has 0 bridgehead atoms. The molecule has 8 heteroatoms. The van der Waals surface area contributed by atoms with E-state index in [9.17, 15) is 14.0 Å². The summed E-state index contributed by atoms with van der Waals surface area (Å²) in [6.45, 7) is 1.94. The van der Waals surface area contributed by atoms with Crippen LogP contribution in [0.5, 0.6) is 0 Å². The first-order valence-electron chi connectivity index (χ1n) is 13.1. The van der Waals surface area contributed by atoms with Gasteiger partial charge in [-0.15, -0.1) is 0 Å². The van der Waals surface area contributed by atoms with E-state index in [0.29, 0.717) is 44.2 Å². The number of carbonyl (C=O) groups excluding carboxylic acids is 2. The highest BCUT2D eigenvalue weighted by molar-refractivity contribution is 5.93. The summed E-state index contributed by atoms with van der Waals surface area (Å²) in [5.74, 6) is -0.245. The van der Waals surface area contributed by atoms with Crippen LogP contribution in [0.4, 0.5) is 4.39 Å². The molecule has 1 saturated heterocycles. The highest BCUT2D eigenvalue weighted by Gasteiger charge is 2.32. The van der Waals surface area contributed by atoms with E-state index in [0.717, 1.165) is 24.1 Å². The van der Waals surface area contributed by atoms with Crippen LogP contribution in [0.15, 0.2) is 30.6 Å². The van der Waals surface area contributed by atoms with E-state index in [1.165, 1.54) is 44.2 Å². The monoisotopic (exact) mass is 482 g/mol. The second-order valence-corrected chi connectivity index (χ2v) is 10.2. The number of aromatic nitrogens is 2. The molecule has 2 aromatic rings. The molecule has 2 fully saturated rings. The number of halogens is 1. The summed E-state index contributed by atoms with van der Waals surface area (Å²) >= 11 is 0. The molecular weight excluding hydrogens is 447 g/mol. The van der Waals surface area contributed by atoms with Crippen LogP contribution in [-0.4, -0.2) is 45.4 Å². The van der Waals surface area contributed by atoms with Crippen LogP contribution >= 0.6 is 0 Å². The zero-order chi connectivity index (χ0) is 24.2. The van der Waals surface area contributed by atoms with Crippen molar-refractivity contribution in [3.63, 3.8) is 0 Å². The number of nitrogens with zero attached hydrogens (tertiary/aromatic N) is 3. The average molecular weight is 483 g/mol. The zero-order valence-electron chi connectivity index (χ0n) is 20.3. The number of hydrogen-bond donors (Lipinski definition) is 1. The van der Waals surface area contributed by atoms with E-state index in [-0.39, 0.29) is 36.3 Å². The molecule has 35 heavy (non-hydrogen) atoms. The van der Waals surface area contributed by atoms with Gasteiger partial charge in [0.25, 0.3) is 5.91 Å². The fourth-order valence-corrected chi connectivity index (χ4v) is 5.60. The molecule has 1 unspecified atom stereocenters. The Kier molecular flexibility index (Phi) is 7.46. The van der Waals surface area contributed by atoms with Crippen molar-refractivity contribution in [2.75, 3.05) is 13.1 Å². The molecule has 1 N–H and O–H groups in total. The number of fused-ring (bicyclic) bond motifs is 1. The van der Waals surface area contributed by atoms with Crippen molar-refractivity contribution in [3.8, 4) is 0 Å². The number of piperidine rings is 1. The van der Waals surface area contributed by atoms with Crippen LogP contribution in [-0.2, 0) is 22.7 Å². The average Bonchev–Trinajstić information content (AvgIpc) is 3.29. The highest BCUT2D eigenvalue weighted by Crippen LogP contribution is 2.29. The van der Waals surface area contributed by atoms with Crippen molar-refractivity contribution in [2.24, 2.45) is 5.92 Å². The summed E-state index contributed by atoms with van der Waals surface area (Å²) in [5, 5.41) is 3.29. The van der Waals surface area contributed by atoms with Crippen LogP contribution in [0.2, 0.25) is 0 Å². The molecule has 0 radical (unpaired) electrons. The maximum Gasteiger partial charge on any atom is 0.274 e. The van der Waals surface area contributed by atoms with Crippen molar-refractivity contribution in [3.05, 3.63) is 53.4 Å². The predicted molar refractivity (Wildman–Crippen MR) is 129 cm³/mol. The van der Waals surface area contributed by atoms with Crippen LogP contribution < -0.4 is 5.32 Å². The van der Waals surface area contributed by atoms with Gasteiger partial charge in [0.15, 0.2) is 5.69 Å². The molecule has 1 aliphatic carbocycles. The van der Waals surface area contributed by atoms with Gasteiger partial charge in [0.1, 0.15) is 11.9 Å². The summed E-state index contributed by atoms with van der Waals surface area (Å²) in [7, 11) is 0. The van der Waals surface area contributed by atoms with E-state index >= 15 is 0 Å². The third kappa shape index (κ3) is 5.58. The Hall–Kier alpha value is -2.74. The lowest BCUT2D eigenvalue weighted by molar-refractivity contribution is -0.127. The summed E-state index contributed by atoms with van der Waals surface area (Å²) in [6, 6.07) is 6.62. The largest absolute Gasteiger partial charge is 0.365 e. The first-order chi connectivity index (χ1) is 17.1. The van der Waals surface area contributed by atoms with Gasteiger partial charge in [-0.2, -0.15) is 0 Å². The van der Waals surface area contributed by atoms with E-state index in [2.05, 4.69) is 10.3 Å². The first kappa shape index (κ1) is 24.0. The Morgan fingerprint density at radius 1 is 0.971 bits per heavy atom.